The van der Waals surface area contributed by atoms with E-state index in [4.69, 9.17) is 9.47 Å². The van der Waals surface area contributed by atoms with E-state index in [0.717, 1.165) is 23.2 Å². The summed E-state index contributed by atoms with van der Waals surface area (Å²) in [4.78, 5) is 30.1. The minimum Gasteiger partial charge on any atom is -0.454 e. The van der Waals surface area contributed by atoms with E-state index in [1.54, 1.807) is 4.90 Å². The molecule has 1 saturated heterocycles. The number of ether oxygens (including phenoxy) is 2. The second kappa shape index (κ2) is 5.97. The first-order valence-electron chi connectivity index (χ1n) is 10.6. The highest BCUT2D eigenvalue weighted by Gasteiger charge is 2.64. The van der Waals surface area contributed by atoms with E-state index in [1.807, 2.05) is 23.1 Å². The van der Waals surface area contributed by atoms with Crippen LogP contribution in [0.5, 0.6) is 11.5 Å². The molecule has 6 nitrogen and oxygen atoms in total. The number of anilines is 2. The molecule has 0 bridgehead atoms. The molecule has 0 radical (unpaired) electrons. The molecule has 1 spiro atoms. The van der Waals surface area contributed by atoms with Crippen LogP contribution >= 0.6 is 11.8 Å². The monoisotopic (exact) mass is 436 g/mol. The first kappa shape index (κ1) is 19.0. The van der Waals surface area contributed by atoms with Gasteiger partial charge in [0.2, 0.25) is 17.6 Å². The van der Waals surface area contributed by atoms with Gasteiger partial charge < -0.3 is 14.4 Å². The molecule has 4 heterocycles. The van der Waals surface area contributed by atoms with Gasteiger partial charge in [-0.1, -0.05) is 24.6 Å². The number of thioether (sulfide) groups is 1. The Kier molecular flexibility index (Phi) is 3.67. The zero-order chi connectivity index (χ0) is 21.7. The van der Waals surface area contributed by atoms with Crippen LogP contribution < -0.4 is 19.3 Å². The van der Waals surface area contributed by atoms with Crippen LogP contribution in [-0.2, 0) is 14.5 Å². The van der Waals surface area contributed by atoms with Crippen molar-refractivity contribution in [2.24, 2.45) is 0 Å². The molecule has 2 atom stereocenters. The van der Waals surface area contributed by atoms with Gasteiger partial charge in [0.05, 0.1) is 11.4 Å². The lowest BCUT2D eigenvalue weighted by Gasteiger charge is -2.44. The summed E-state index contributed by atoms with van der Waals surface area (Å²) in [6, 6.07) is 9.76. The first-order valence-corrected chi connectivity index (χ1v) is 11.6. The van der Waals surface area contributed by atoms with Gasteiger partial charge in [0.15, 0.2) is 11.5 Å². The maximum atomic E-state index is 14.3. The predicted molar refractivity (Wildman–Crippen MR) is 120 cm³/mol. The fraction of sp³-hybridized carbons (Fsp3) is 0.417. The number of aryl methyl sites for hydroxylation is 1. The Morgan fingerprint density at radius 3 is 2.65 bits per heavy atom. The van der Waals surface area contributed by atoms with E-state index in [2.05, 4.69) is 39.8 Å². The Bertz CT molecular complexity index is 1180. The van der Waals surface area contributed by atoms with Crippen molar-refractivity contribution in [1.29, 1.82) is 0 Å². The summed E-state index contributed by atoms with van der Waals surface area (Å²) in [5.41, 5.74) is 4.57. The summed E-state index contributed by atoms with van der Waals surface area (Å²) in [6.45, 7) is 8.71. The Morgan fingerprint density at radius 2 is 1.84 bits per heavy atom. The average molecular weight is 437 g/mol. The molecule has 0 N–H and O–H groups in total. The highest BCUT2D eigenvalue weighted by atomic mass is 32.2. The Morgan fingerprint density at radius 1 is 1.06 bits per heavy atom. The van der Waals surface area contributed by atoms with Gasteiger partial charge in [0.1, 0.15) is 0 Å². The van der Waals surface area contributed by atoms with E-state index < -0.39 is 4.87 Å². The summed E-state index contributed by atoms with van der Waals surface area (Å²) in [6.07, 6.45) is 0.882. The van der Waals surface area contributed by atoms with Crippen LogP contribution in [0.15, 0.2) is 30.3 Å². The number of rotatable bonds is 1. The van der Waals surface area contributed by atoms with E-state index >= 15 is 0 Å². The van der Waals surface area contributed by atoms with Gasteiger partial charge in [-0.2, -0.15) is 0 Å². The molecule has 2 amide bonds. The molecule has 6 rings (SSSR count). The van der Waals surface area contributed by atoms with Crippen molar-refractivity contribution in [3.63, 3.8) is 0 Å². The molecule has 2 aromatic rings. The molecule has 4 aliphatic heterocycles. The van der Waals surface area contributed by atoms with Crippen molar-refractivity contribution in [3.8, 4) is 11.5 Å². The number of hydrogen-bond donors (Lipinski definition) is 0. The summed E-state index contributed by atoms with van der Waals surface area (Å²) < 4.78 is 11.0. The third-order valence-corrected chi connectivity index (χ3v) is 8.28. The minimum atomic E-state index is -1.10. The van der Waals surface area contributed by atoms with Crippen LogP contribution in [0, 0.1) is 6.92 Å². The van der Waals surface area contributed by atoms with Gasteiger partial charge in [-0.15, -0.1) is 11.8 Å². The van der Waals surface area contributed by atoms with E-state index in [1.165, 1.54) is 17.3 Å². The zero-order valence-electron chi connectivity index (χ0n) is 18.0. The lowest BCUT2D eigenvalue weighted by atomic mass is 9.80. The molecule has 160 valence electrons. The number of hydrogen-bond acceptors (Lipinski definition) is 5. The lowest BCUT2D eigenvalue weighted by Crippen LogP contribution is -2.56. The van der Waals surface area contributed by atoms with Crippen molar-refractivity contribution in [3.05, 3.63) is 47.0 Å². The van der Waals surface area contributed by atoms with Gasteiger partial charge in [-0.3, -0.25) is 14.5 Å². The molecular weight excluding hydrogens is 412 g/mol. The Labute approximate surface area is 185 Å². The standard InChI is InChI=1S/C24H24N2O4S/c1-13-7-16-14(2)10-23(3,4)26-21(16)17(8-13)24(22(26)28)25(20(27)11-31-24)15-5-6-18-19(9-15)30-12-29-18/h5-9,14H,10-12H2,1-4H3/t14-,24+/m0/s1. The smallest absolute Gasteiger partial charge is 0.269 e. The number of carbonyl (C=O) groups is 2. The topological polar surface area (TPSA) is 59.1 Å². The molecule has 1 fully saturated rings. The van der Waals surface area contributed by atoms with Crippen LogP contribution in [0.25, 0.3) is 0 Å². The number of nitrogens with zero attached hydrogens (tertiary/aromatic N) is 2. The van der Waals surface area contributed by atoms with Gasteiger partial charge in [-0.25, -0.2) is 0 Å². The number of carbonyl (C=O) groups excluding carboxylic acids is 2. The molecular formula is C24H24N2O4S. The van der Waals surface area contributed by atoms with Crippen LogP contribution in [0.1, 0.15) is 49.8 Å². The van der Waals surface area contributed by atoms with Crippen molar-refractivity contribution in [2.45, 2.75) is 50.4 Å². The molecule has 0 unspecified atom stereocenters. The minimum absolute atomic E-state index is 0.0280. The molecule has 0 aliphatic carbocycles. The van der Waals surface area contributed by atoms with Gasteiger partial charge >= 0.3 is 0 Å². The fourth-order valence-electron chi connectivity index (χ4n) is 5.76. The third kappa shape index (κ3) is 2.30. The predicted octanol–water partition coefficient (Wildman–Crippen LogP) is 4.29. The Hall–Kier alpha value is -2.67. The van der Waals surface area contributed by atoms with Crippen molar-refractivity contribution < 1.29 is 19.1 Å². The van der Waals surface area contributed by atoms with Crippen LogP contribution in [0.3, 0.4) is 0 Å². The molecule has 4 aliphatic rings. The number of benzene rings is 2. The van der Waals surface area contributed by atoms with Gasteiger partial charge in [0, 0.05) is 22.9 Å². The molecule has 0 aromatic heterocycles. The number of fused-ring (bicyclic) bond motifs is 2. The molecule has 2 aromatic carbocycles. The van der Waals surface area contributed by atoms with Gasteiger partial charge in [0.25, 0.3) is 5.91 Å². The summed E-state index contributed by atoms with van der Waals surface area (Å²) >= 11 is 1.43. The van der Waals surface area contributed by atoms with Crippen molar-refractivity contribution in [1.82, 2.24) is 0 Å². The van der Waals surface area contributed by atoms with Crippen LogP contribution in [-0.4, -0.2) is 29.9 Å². The Balaban J connectivity index is 1.61. The average Bonchev–Trinajstić information content (AvgIpc) is 3.37. The first-order chi connectivity index (χ1) is 14.7. The summed E-state index contributed by atoms with van der Waals surface area (Å²) in [5, 5.41) is 0. The van der Waals surface area contributed by atoms with E-state index in [9.17, 15) is 9.59 Å². The number of amides is 2. The maximum Gasteiger partial charge on any atom is 0.269 e. The molecule has 0 saturated carbocycles. The van der Waals surface area contributed by atoms with Crippen molar-refractivity contribution >= 4 is 35.0 Å². The largest absolute Gasteiger partial charge is 0.454 e. The summed E-state index contributed by atoms with van der Waals surface area (Å²) in [5.74, 6) is 1.75. The normalized spacial score (nSPS) is 27.4. The van der Waals surface area contributed by atoms with Crippen molar-refractivity contribution in [2.75, 3.05) is 22.3 Å². The fourth-order valence-corrected chi connectivity index (χ4v) is 7.09. The SMILES string of the molecule is Cc1cc2c3c(c1)[C@@]1(SCC(=O)N1c1ccc4c(c1)OCO4)C(=O)N3C(C)(C)C[C@@H]2C. The van der Waals surface area contributed by atoms with Crippen LogP contribution in [0.4, 0.5) is 11.4 Å². The quantitative estimate of drug-likeness (QED) is 0.668. The second-order valence-corrected chi connectivity index (χ2v) is 10.7. The van der Waals surface area contributed by atoms with Gasteiger partial charge in [-0.05, 0) is 50.8 Å². The highest BCUT2D eigenvalue weighted by molar-refractivity contribution is 8.02. The third-order valence-electron chi connectivity index (χ3n) is 6.89. The second-order valence-electron chi connectivity index (χ2n) is 9.51. The lowest BCUT2D eigenvalue weighted by molar-refractivity contribution is -0.124. The van der Waals surface area contributed by atoms with Crippen LogP contribution in [0.2, 0.25) is 0 Å². The maximum absolute atomic E-state index is 14.3. The van der Waals surface area contributed by atoms with E-state index in [-0.39, 0.29) is 29.9 Å². The van der Waals surface area contributed by atoms with E-state index in [0.29, 0.717) is 23.1 Å². The summed E-state index contributed by atoms with van der Waals surface area (Å²) in [7, 11) is 0. The zero-order valence-corrected chi connectivity index (χ0v) is 18.8. The highest BCUT2D eigenvalue weighted by Crippen LogP contribution is 2.61. The molecule has 7 heteroatoms. The molecule has 31 heavy (non-hydrogen) atoms.